The highest BCUT2D eigenvalue weighted by Gasteiger charge is 2.37. The van der Waals surface area contributed by atoms with E-state index in [4.69, 9.17) is 15.7 Å². The van der Waals surface area contributed by atoms with Gasteiger partial charge in [-0.2, -0.15) is 42.4 Å². The van der Waals surface area contributed by atoms with Gasteiger partial charge in [-0.15, -0.1) is 0 Å². The Morgan fingerprint density at radius 2 is 1.00 bits per heavy atom. The molecular weight excluding hydrogens is 853 g/mol. The molecule has 5 heterocycles. The van der Waals surface area contributed by atoms with Crippen LogP contribution >= 0.6 is 0 Å². The topological polar surface area (TPSA) is 333 Å². The van der Waals surface area contributed by atoms with Crippen LogP contribution in [0.5, 0.6) is 0 Å². The molecule has 0 saturated heterocycles. The average Bonchev–Trinajstić information content (AvgIpc) is 3.87. The Labute approximate surface area is 332 Å². The number of hydrogen-bond acceptors (Lipinski definition) is 15. The van der Waals surface area contributed by atoms with E-state index >= 15 is 0 Å². The van der Waals surface area contributed by atoms with Crippen LogP contribution in [0, 0.1) is 0 Å². The summed E-state index contributed by atoms with van der Waals surface area (Å²) in [7, 11) is -22.0. The molecular formula is C34H24N10O11S4. The Bertz CT molecular complexity index is 3690. The molecule has 0 saturated carbocycles. The van der Waals surface area contributed by atoms with Gasteiger partial charge in [0.1, 0.15) is 26.0 Å². The molecule has 59 heavy (non-hydrogen) atoms. The van der Waals surface area contributed by atoms with E-state index in [0.717, 1.165) is 3.97 Å². The lowest BCUT2D eigenvalue weighted by atomic mass is 10.1. The number of nitrogens with one attached hydrogen (secondary N) is 2. The van der Waals surface area contributed by atoms with Crippen molar-refractivity contribution in [3.8, 4) is 45.6 Å². The molecule has 8 bridgehead atoms. The number of rotatable bonds is 6. The maximum atomic E-state index is 14.2. The van der Waals surface area contributed by atoms with Gasteiger partial charge in [0.05, 0.1) is 11.6 Å². The van der Waals surface area contributed by atoms with Crippen LogP contribution in [-0.4, -0.2) is 92.4 Å². The van der Waals surface area contributed by atoms with E-state index in [0.29, 0.717) is 28.0 Å². The van der Waals surface area contributed by atoms with Gasteiger partial charge in [0.25, 0.3) is 30.4 Å². The largest absolute Gasteiger partial charge is 0.324 e. The first-order valence-electron chi connectivity index (χ1n) is 16.8. The van der Waals surface area contributed by atoms with Crippen molar-refractivity contribution in [3.05, 3.63) is 78.9 Å². The van der Waals surface area contributed by atoms with Gasteiger partial charge in [-0.05, 0) is 13.0 Å². The van der Waals surface area contributed by atoms with Crippen molar-refractivity contribution in [2.75, 3.05) is 0 Å². The van der Waals surface area contributed by atoms with Crippen LogP contribution < -0.4 is 10.5 Å². The number of nitrogens with two attached hydrogens (primary N) is 1. The predicted molar refractivity (Wildman–Crippen MR) is 210 cm³/mol. The number of aromatic amines is 1. The molecule has 2 aliphatic heterocycles. The predicted octanol–water partition coefficient (Wildman–Crippen LogP) is 3.07. The first-order valence-corrected chi connectivity index (χ1v) is 22.5. The summed E-state index contributed by atoms with van der Waals surface area (Å²) >= 11 is 0. The quantitative estimate of drug-likeness (QED) is 0.103. The van der Waals surface area contributed by atoms with Crippen molar-refractivity contribution in [3.63, 3.8) is 0 Å². The number of hydrogen-bond donors (Lipinski definition) is 6. The Kier molecular flexibility index (Phi) is 8.40. The van der Waals surface area contributed by atoms with E-state index in [9.17, 15) is 47.3 Å². The minimum atomic E-state index is -5.87. The Balaban J connectivity index is 1.60. The van der Waals surface area contributed by atoms with Crippen molar-refractivity contribution < 1.29 is 47.3 Å². The molecule has 0 amide bonds. The van der Waals surface area contributed by atoms with E-state index in [2.05, 4.69) is 29.6 Å². The van der Waals surface area contributed by atoms with Crippen molar-refractivity contribution in [2.45, 2.75) is 27.8 Å². The summed E-state index contributed by atoms with van der Waals surface area (Å²) in [5.41, 5.74) is 5.72. The Hall–Kier alpha value is -6.16. The van der Waals surface area contributed by atoms with Crippen LogP contribution in [0.15, 0.2) is 93.5 Å². The zero-order valence-electron chi connectivity index (χ0n) is 29.5. The monoisotopic (exact) mass is 876 g/mol. The minimum absolute atomic E-state index is 0.0793. The normalized spacial score (nSPS) is 13.7. The highest BCUT2D eigenvalue weighted by molar-refractivity contribution is 7.90. The van der Waals surface area contributed by atoms with Crippen molar-refractivity contribution >= 4 is 84.7 Å². The highest BCUT2D eigenvalue weighted by Crippen LogP contribution is 2.41. The van der Waals surface area contributed by atoms with Crippen LogP contribution in [0.4, 0.5) is 0 Å². The Morgan fingerprint density at radius 1 is 0.576 bits per heavy atom. The molecule has 0 fully saturated rings. The molecule has 1 atom stereocenters. The fraction of sp³-hybridized carbons (Fsp3) is 0.0588. The zero-order valence-corrected chi connectivity index (χ0v) is 32.8. The van der Waals surface area contributed by atoms with Crippen LogP contribution in [0.1, 0.15) is 6.92 Å². The summed E-state index contributed by atoms with van der Waals surface area (Å²) in [6, 6.07) is 19.8. The molecule has 300 valence electrons. The first-order chi connectivity index (χ1) is 27.7. The lowest BCUT2D eigenvalue weighted by Crippen LogP contribution is -2.41. The molecule has 0 radical (unpaired) electrons. The molecule has 9 rings (SSSR count). The summed E-state index contributed by atoms with van der Waals surface area (Å²) in [5, 5.41) is -0.702. The molecule has 0 spiro atoms. The van der Waals surface area contributed by atoms with E-state index in [-0.39, 0.29) is 45.7 Å². The van der Waals surface area contributed by atoms with E-state index in [1.807, 2.05) is 0 Å². The van der Waals surface area contributed by atoms with Crippen LogP contribution in [0.3, 0.4) is 0 Å². The number of benzene rings is 4. The second-order valence-corrected chi connectivity index (χ2v) is 18.8. The molecule has 4 aromatic carbocycles. The summed E-state index contributed by atoms with van der Waals surface area (Å²) in [6.45, 7) is 1.41. The SMILES string of the molecule is CC(N)NS(=O)(=O)n1c2nc3nc(nc4[nH]c(nc5nc(nc1c1ccccc12)-c1ccccc1-5)c1c(S(=O)(=O)O)c(S(=O)(=O)O)c(S(=O)(=O)O)cc41)-c1ccccc1-3. The van der Waals surface area contributed by atoms with Gasteiger partial charge < -0.3 is 10.7 Å². The summed E-state index contributed by atoms with van der Waals surface area (Å²) < 4.78 is 140. The summed E-state index contributed by atoms with van der Waals surface area (Å²) in [4.78, 5) is 25.3. The zero-order chi connectivity index (χ0) is 42.0. The second-order valence-electron chi connectivity index (χ2n) is 13.1. The Morgan fingerprint density at radius 3 is 1.42 bits per heavy atom. The van der Waals surface area contributed by atoms with E-state index in [1.165, 1.54) is 6.92 Å². The molecule has 2 aliphatic rings. The van der Waals surface area contributed by atoms with Gasteiger partial charge >= 0.3 is 10.2 Å². The van der Waals surface area contributed by atoms with Gasteiger partial charge in [-0.3, -0.25) is 13.7 Å². The summed E-state index contributed by atoms with van der Waals surface area (Å²) in [5.74, 6) is -0.576. The lowest BCUT2D eigenvalue weighted by Gasteiger charge is -2.11. The first kappa shape index (κ1) is 38.4. The third kappa shape index (κ3) is 6.22. The number of H-pyrrole nitrogens is 1. The van der Waals surface area contributed by atoms with Crippen molar-refractivity contribution in [2.24, 2.45) is 5.73 Å². The van der Waals surface area contributed by atoms with Gasteiger partial charge in [-0.1, -0.05) is 72.8 Å². The fourth-order valence-corrected chi connectivity index (χ4v) is 11.7. The average molecular weight is 877 g/mol. The molecule has 7 N–H and O–H groups in total. The molecule has 1 unspecified atom stereocenters. The third-order valence-corrected chi connectivity index (χ3v) is 13.7. The van der Waals surface area contributed by atoms with Gasteiger partial charge in [0, 0.05) is 38.4 Å². The van der Waals surface area contributed by atoms with Crippen LogP contribution in [0.25, 0.3) is 89.7 Å². The van der Waals surface area contributed by atoms with E-state index < -0.39 is 83.5 Å². The molecule has 25 heteroatoms. The fourth-order valence-electron chi connectivity index (χ4n) is 6.99. The molecule has 3 aromatic heterocycles. The number of aromatic nitrogens is 8. The second kappa shape index (κ2) is 12.9. The number of fused-ring (bicyclic) bond motifs is 20. The standard InChI is InChI=1S/C34H24N10O11S4/c1-15(35)43-59(54,55)44-33-20-12-6-7-13-21(20)34(44)42-30-19-11-5-3-9-17(19)28(37-30)39-32-24-22(14-23(56(45,46)47)25(57(48,49)50)26(24)58(51,52)53)31(40-32)38-27-16-8-2-4-10-18(16)29(36-27)41-33/h2-15,43H,35H2,1H3,(H,45,46,47)(H,48,49,50)(H,51,52,53)(H,36,37,38,39,40,41,42). The van der Waals surface area contributed by atoms with Gasteiger partial charge in [-0.25, -0.2) is 29.9 Å². The minimum Gasteiger partial charge on any atom is -0.324 e. The molecule has 0 aliphatic carbocycles. The summed E-state index contributed by atoms with van der Waals surface area (Å²) in [6.07, 6.45) is -1.08. The number of nitrogens with zero attached hydrogens (tertiary/aromatic N) is 7. The van der Waals surface area contributed by atoms with Gasteiger partial charge in [0.2, 0.25) is 0 Å². The molecule has 7 aromatic rings. The highest BCUT2D eigenvalue weighted by atomic mass is 32.2. The van der Waals surface area contributed by atoms with Crippen LogP contribution in [0.2, 0.25) is 0 Å². The van der Waals surface area contributed by atoms with Crippen molar-refractivity contribution in [1.29, 1.82) is 0 Å². The van der Waals surface area contributed by atoms with Crippen LogP contribution in [-0.2, 0) is 40.6 Å². The molecule has 21 nitrogen and oxygen atoms in total. The third-order valence-electron chi connectivity index (χ3n) is 9.19. The van der Waals surface area contributed by atoms with Crippen molar-refractivity contribution in [1.82, 2.24) is 43.6 Å². The maximum absolute atomic E-state index is 14.2. The van der Waals surface area contributed by atoms with Gasteiger partial charge in [0.15, 0.2) is 34.6 Å². The van der Waals surface area contributed by atoms with E-state index in [1.54, 1.807) is 72.8 Å². The maximum Gasteiger partial charge on any atom is 0.309 e. The smallest absolute Gasteiger partial charge is 0.309 e. The lowest BCUT2D eigenvalue weighted by molar-refractivity contribution is 0.457.